The fraction of sp³-hybridized carbons (Fsp3) is 0.583. The number of aromatic hydroxyl groups is 1. The lowest BCUT2D eigenvalue weighted by atomic mass is 9.95. The number of hydrogen-bond donors (Lipinski definition) is 3. The number of amides is 3. The molecule has 0 spiro atoms. The van der Waals surface area contributed by atoms with E-state index in [0.717, 1.165) is 17.7 Å². The van der Waals surface area contributed by atoms with Crippen molar-refractivity contribution in [2.45, 2.75) is 71.8 Å². The van der Waals surface area contributed by atoms with Crippen LogP contribution in [0.2, 0.25) is 0 Å². The van der Waals surface area contributed by atoms with Crippen LogP contribution in [0.4, 0.5) is 4.79 Å². The fourth-order valence-corrected chi connectivity index (χ4v) is 6.77. The standard InChI is InChI=1S/C24H28Cl3N3O8S/c1-11(12-4-5-12)38-22(35)29-15(13-6-8-14(31)9-7-13)18(32)28-16-19(33)30-17(21(34)37-10-24(25,26)27)23(2,3)39(36)20(16)30/h6-9,11-12,15-17,20,31H,4-5,10H2,1-3H3,(H,28,32)(H,29,35)/t11?,15?,16?,17?,20-,39?/m0/s1. The van der Waals surface area contributed by atoms with Crippen molar-refractivity contribution in [1.29, 1.82) is 0 Å². The first-order valence-electron chi connectivity index (χ1n) is 12.1. The molecule has 214 valence electrons. The summed E-state index contributed by atoms with van der Waals surface area (Å²) < 4.78 is 20.7. The highest BCUT2D eigenvalue weighted by atomic mass is 35.6. The number of halogens is 3. The third-order valence-electron chi connectivity index (χ3n) is 6.98. The summed E-state index contributed by atoms with van der Waals surface area (Å²) in [6.45, 7) is 4.26. The monoisotopic (exact) mass is 623 g/mol. The molecule has 11 nitrogen and oxygen atoms in total. The molecule has 3 N–H and O–H groups in total. The van der Waals surface area contributed by atoms with Crippen LogP contribution in [0.3, 0.4) is 0 Å². The lowest BCUT2D eigenvalue weighted by Crippen LogP contribution is -2.72. The van der Waals surface area contributed by atoms with E-state index in [1.165, 1.54) is 38.1 Å². The Morgan fingerprint density at radius 2 is 1.82 bits per heavy atom. The van der Waals surface area contributed by atoms with Gasteiger partial charge in [-0.2, -0.15) is 0 Å². The van der Waals surface area contributed by atoms with E-state index in [1.807, 2.05) is 0 Å². The second-order valence-corrected chi connectivity index (χ2v) is 14.9. The number of benzene rings is 1. The zero-order valence-electron chi connectivity index (χ0n) is 21.2. The van der Waals surface area contributed by atoms with Crippen LogP contribution in [0.5, 0.6) is 5.75 Å². The Balaban J connectivity index is 1.50. The number of carbonyl (C=O) groups is 4. The molecule has 3 aliphatic rings. The van der Waals surface area contributed by atoms with E-state index >= 15 is 0 Å². The highest BCUT2D eigenvalue weighted by molar-refractivity contribution is 7.87. The van der Waals surface area contributed by atoms with Crippen LogP contribution >= 0.6 is 34.8 Å². The Morgan fingerprint density at radius 3 is 2.38 bits per heavy atom. The zero-order valence-corrected chi connectivity index (χ0v) is 24.3. The molecular weight excluding hydrogens is 597 g/mol. The molecular formula is C24H28Cl3N3O8S. The van der Waals surface area contributed by atoms with Gasteiger partial charge in [0, 0.05) is 0 Å². The van der Waals surface area contributed by atoms with E-state index < -0.39 is 73.3 Å². The number of phenols is 1. The number of carbonyl (C=O) groups excluding carboxylic acids is 4. The topological polar surface area (TPSA) is 151 Å². The summed E-state index contributed by atoms with van der Waals surface area (Å²) in [5, 5.41) is 13.7. The minimum absolute atomic E-state index is 0.0519. The number of ether oxygens (including phenoxy) is 2. The highest BCUT2D eigenvalue weighted by Crippen LogP contribution is 2.44. The van der Waals surface area contributed by atoms with Gasteiger partial charge in [-0.05, 0) is 57.2 Å². The van der Waals surface area contributed by atoms with Crippen LogP contribution < -0.4 is 10.6 Å². The van der Waals surface area contributed by atoms with Crippen molar-refractivity contribution in [3.63, 3.8) is 0 Å². The molecule has 0 aromatic heterocycles. The maximum atomic E-state index is 13.4. The molecule has 15 heteroatoms. The summed E-state index contributed by atoms with van der Waals surface area (Å²) in [4.78, 5) is 53.0. The molecule has 3 amide bonds. The third kappa shape index (κ3) is 6.23. The molecule has 2 heterocycles. The van der Waals surface area contributed by atoms with Gasteiger partial charge in [-0.3, -0.25) is 13.8 Å². The van der Waals surface area contributed by atoms with Crippen molar-refractivity contribution in [2.75, 3.05) is 6.61 Å². The first-order chi connectivity index (χ1) is 18.1. The summed E-state index contributed by atoms with van der Waals surface area (Å²) in [5.74, 6) is -2.10. The molecule has 1 saturated carbocycles. The molecule has 2 aliphatic heterocycles. The second-order valence-electron chi connectivity index (χ2n) is 10.3. The number of nitrogens with zero attached hydrogens (tertiary/aromatic N) is 1. The van der Waals surface area contributed by atoms with Crippen LogP contribution in [0.25, 0.3) is 0 Å². The number of phenolic OH excluding ortho intramolecular Hbond substituents is 1. The number of fused-ring (bicyclic) bond motifs is 1. The van der Waals surface area contributed by atoms with Crippen LogP contribution in [-0.2, 0) is 34.7 Å². The van der Waals surface area contributed by atoms with Crippen molar-refractivity contribution in [3.8, 4) is 5.75 Å². The molecule has 1 aliphatic carbocycles. The number of nitrogens with one attached hydrogen (secondary N) is 2. The summed E-state index contributed by atoms with van der Waals surface area (Å²) in [7, 11) is -1.80. The maximum Gasteiger partial charge on any atom is 0.408 e. The molecule has 1 aromatic rings. The van der Waals surface area contributed by atoms with Gasteiger partial charge in [-0.15, -0.1) is 0 Å². The lowest BCUT2D eigenvalue weighted by Gasteiger charge is -2.43. The highest BCUT2D eigenvalue weighted by Gasteiger charge is 2.68. The third-order valence-corrected chi connectivity index (χ3v) is 9.51. The smallest absolute Gasteiger partial charge is 0.408 e. The Labute approximate surface area is 242 Å². The van der Waals surface area contributed by atoms with Gasteiger partial charge in [0.1, 0.15) is 42.0 Å². The van der Waals surface area contributed by atoms with Gasteiger partial charge in [0.2, 0.25) is 15.6 Å². The van der Waals surface area contributed by atoms with E-state index in [0.29, 0.717) is 5.56 Å². The largest absolute Gasteiger partial charge is 0.508 e. The van der Waals surface area contributed by atoms with Gasteiger partial charge < -0.3 is 30.1 Å². The fourth-order valence-electron chi connectivity index (χ4n) is 4.69. The number of hydrogen-bond acceptors (Lipinski definition) is 8. The normalized spacial score (nSPS) is 27.0. The molecule has 3 fully saturated rings. The van der Waals surface area contributed by atoms with Crippen molar-refractivity contribution in [2.24, 2.45) is 5.92 Å². The Kier molecular flexibility index (Phi) is 8.33. The van der Waals surface area contributed by atoms with Crippen LogP contribution in [0.1, 0.15) is 45.2 Å². The van der Waals surface area contributed by atoms with E-state index in [2.05, 4.69) is 10.6 Å². The van der Waals surface area contributed by atoms with Gasteiger partial charge in [-0.1, -0.05) is 46.9 Å². The maximum absolute atomic E-state index is 13.4. The van der Waals surface area contributed by atoms with Gasteiger partial charge in [-0.25, -0.2) is 9.59 Å². The van der Waals surface area contributed by atoms with E-state index in [4.69, 9.17) is 44.3 Å². The predicted octanol–water partition coefficient (Wildman–Crippen LogP) is 2.43. The predicted molar refractivity (Wildman–Crippen MR) is 142 cm³/mol. The van der Waals surface area contributed by atoms with Crippen molar-refractivity contribution >= 4 is 69.5 Å². The molecule has 1 aromatic carbocycles. The lowest BCUT2D eigenvalue weighted by molar-refractivity contribution is -0.164. The first-order valence-corrected chi connectivity index (χ1v) is 14.5. The summed E-state index contributed by atoms with van der Waals surface area (Å²) in [6, 6.07) is 1.80. The minimum atomic E-state index is -1.87. The summed E-state index contributed by atoms with van der Waals surface area (Å²) >= 11 is 17.0. The number of rotatable bonds is 8. The van der Waals surface area contributed by atoms with E-state index in [9.17, 15) is 28.5 Å². The van der Waals surface area contributed by atoms with Crippen molar-refractivity contribution in [3.05, 3.63) is 29.8 Å². The SMILES string of the molecule is CC(OC(=O)NC(C(=O)NC1C(=O)N2C(C(=O)OCC(Cl)(Cl)Cl)C(C)(C)S(=O)[C@@H]12)c1ccc(O)cc1)C1CC1. The Bertz CT molecular complexity index is 1190. The van der Waals surface area contributed by atoms with Gasteiger partial charge in [0.15, 0.2) is 0 Å². The molecule has 5 unspecified atom stereocenters. The van der Waals surface area contributed by atoms with Gasteiger partial charge in [0.05, 0.1) is 15.5 Å². The van der Waals surface area contributed by atoms with E-state index in [-0.39, 0.29) is 17.8 Å². The average molecular weight is 625 g/mol. The first kappa shape index (κ1) is 29.7. The van der Waals surface area contributed by atoms with Gasteiger partial charge in [0.25, 0.3) is 0 Å². The molecule has 0 bridgehead atoms. The molecule has 2 saturated heterocycles. The molecule has 4 rings (SSSR count). The van der Waals surface area contributed by atoms with Crippen molar-refractivity contribution < 1.29 is 38.0 Å². The summed E-state index contributed by atoms with van der Waals surface area (Å²) in [6.07, 6.45) is 0.734. The average Bonchev–Trinajstić information content (AvgIpc) is 3.67. The Morgan fingerprint density at radius 1 is 1.21 bits per heavy atom. The number of β-lactam (4-membered cyclic amide) rings is 1. The Hall–Kier alpha value is -2.28. The molecule has 6 atom stereocenters. The molecule has 0 radical (unpaired) electrons. The van der Waals surface area contributed by atoms with E-state index in [1.54, 1.807) is 6.92 Å². The van der Waals surface area contributed by atoms with Crippen LogP contribution in [0, 0.1) is 5.92 Å². The number of esters is 1. The minimum Gasteiger partial charge on any atom is -0.508 e. The second kappa shape index (κ2) is 10.9. The summed E-state index contributed by atoms with van der Waals surface area (Å²) in [5.41, 5.74) is 0.311. The van der Waals surface area contributed by atoms with Crippen LogP contribution in [0.15, 0.2) is 24.3 Å². The number of alkyl carbamates (subject to hydrolysis) is 1. The zero-order chi connectivity index (χ0) is 28.9. The number of alkyl halides is 3. The molecule has 39 heavy (non-hydrogen) atoms. The van der Waals surface area contributed by atoms with Gasteiger partial charge >= 0.3 is 12.1 Å². The quantitative estimate of drug-likeness (QED) is 0.227. The van der Waals surface area contributed by atoms with Crippen LogP contribution in [-0.4, -0.2) is 76.8 Å². The van der Waals surface area contributed by atoms with Crippen molar-refractivity contribution in [1.82, 2.24) is 15.5 Å².